The van der Waals surface area contributed by atoms with E-state index in [1.165, 1.54) is 22.2 Å². The number of fused-ring (bicyclic) bond motifs is 1. The van der Waals surface area contributed by atoms with Crippen LogP contribution in [0.4, 0.5) is 0 Å². The van der Waals surface area contributed by atoms with E-state index in [9.17, 15) is 0 Å². The Kier molecular flexibility index (Phi) is 2.82. The van der Waals surface area contributed by atoms with E-state index in [0.29, 0.717) is 0 Å². The van der Waals surface area contributed by atoms with Crippen molar-refractivity contribution in [2.45, 2.75) is 19.8 Å². The van der Waals surface area contributed by atoms with Gasteiger partial charge in [-0.25, -0.2) is 0 Å². The van der Waals surface area contributed by atoms with Gasteiger partial charge in [-0.1, -0.05) is 18.2 Å². The number of aromatic nitrogens is 1. The van der Waals surface area contributed by atoms with Gasteiger partial charge in [0.25, 0.3) is 0 Å². The topological polar surface area (TPSA) is 15.8 Å². The van der Waals surface area contributed by atoms with Gasteiger partial charge in [0.1, 0.15) is 0 Å². The molecule has 0 atom stereocenters. The van der Waals surface area contributed by atoms with Crippen LogP contribution in [0.25, 0.3) is 10.9 Å². The van der Waals surface area contributed by atoms with Gasteiger partial charge in [-0.15, -0.1) is 0 Å². The fraction of sp³-hybridized carbons (Fsp3) is 0.333. The summed E-state index contributed by atoms with van der Waals surface area (Å²) in [6.45, 7) is 2.15. The summed E-state index contributed by atoms with van der Waals surface area (Å²) in [5.74, 6) is 0.957. The van der Waals surface area contributed by atoms with Gasteiger partial charge in [-0.05, 0) is 37.1 Å². The van der Waals surface area contributed by atoms with Crippen LogP contribution in [0.1, 0.15) is 17.7 Å². The van der Waals surface area contributed by atoms with Gasteiger partial charge in [0.2, 0.25) is 0 Å². The number of thiol groups is 1. The first-order valence-corrected chi connectivity index (χ1v) is 5.63. The predicted molar refractivity (Wildman–Crippen MR) is 65.2 cm³/mol. The molecule has 0 saturated carbocycles. The molecule has 0 aliphatic rings. The smallest absolute Gasteiger partial charge is 0.0458 e. The van der Waals surface area contributed by atoms with Crippen molar-refractivity contribution >= 4 is 23.5 Å². The molecule has 1 nitrogen and oxygen atoms in total. The Bertz CT molecular complexity index is 431. The highest BCUT2D eigenvalue weighted by molar-refractivity contribution is 7.80. The summed E-state index contributed by atoms with van der Waals surface area (Å²) >= 11 is 4.25. The molecule has 0 saturated heterocycles. The lowest BCUT2D eigenvalue weighted by Crippen LogP contribution is -1.87. The average molecular weight is 205 g/mol. The second-order valence-corrected chi connectivity index (χ2v) is 4.05. The van der Waals surface area contributed by atoms with Crippen molar-refractivity contribution in [1.29, 1.82) is 0 Å². The molecule has 0 spiro atoms. The SMILES string of the molecule is Cc1[nH]c2ccccc2c1CCCS. The standard InChI is InChI=1S/C12H15NS/c1-9-10(6-4-8-14)11-5-2-3-7-12(11)13-9/h2-3,5,7,13-14H,4,6,8H2,1H3. The lowest BCUT2D eigenvalue weighted by atomic mass is 10.1. The lowest BCUT2D eigenvalue weighted by Gasteiger charge is -1.98. The van der Waals surface area contributed by atoms with Crippen LogP contribution >= 0.6 is 12.6 Å². The van der Waals surface area contributed by atoms with E-state index in [4.69, 9.17) is 0 Å². The zero-order chi connectivity index (χ0) is 9.97. The van der Waals surface area contributed by atoms with Crippen molar-refractivity contribution in [3.63, 3.8) is 0 Å². The maximum Gasteiger partial charge on any atom is 0.0458 e. The second kappa shape index (κ2) is 4.09. The molecule has 1 heterocycles. The molecule has 1 aromatic carbocycles. The third-order valence-electron chi connectivity index (χ3n) is 2.61. The van der Waals surface area contributed by atoms with E-state index < -0.39 is 0 Å². The molecule has 0 fully saturated rings. The molecule has 0 aliphatic carbocycles. The maximum absolute atomic E-state index is 4.25. The van der Waals surface area contributed by atoms with Gasteiger partial charge in [0.05, 0.1) is 0 Å². The molecule has 2 aromatic rings. The minimum absolute atomic E-state index is 0.957. The molecule has 0 amide bonds. The molecule has 74 valence electrons. The summed E-state index contributed by atoms with van der Waals surface area (Å²) in [6.07, 6.45) is 2.27. The lowest BCUT2D eigenvalue weighted by molar-refractivity contribution is 0.932. The first-order chi connectivity index (χ1) is 6.83. The summed E-state index contributed by atoms with van der Waals surface area (Å²) in [7, 11) is 0. The molecule has 0 aliphatic heterocycles. The van der Waals surface area contributed by atoms with Gasteiger partial charge in [0, 0.05) is 16.6 Å². The summed E-state index contributed by atoms with van der Waals surface area (Å²) in [5, 5.41) is 1.37. The Morgan fingerprint density at radius 1 is 1.29 bits per heavy atom. The normalized spacial score (nSPS) is 11.0. The zero-order valence-electron chi connectivity index (χ0n) is 8.38. The van der Waals surface area contributed by atoms with E-state index >= 15 is 0 Å². The number of hydrogen-bond acceptors (Lipinski definition) is 1. The monoisotopic (exact) mass is 205 g/mol. The molecule has 0 bridgehead atoms. The maximum atomic E-state index is 4.25. The molecule has 0 radical (unpaired) electrons. The quantitative estimate of drug-likeness (QED) is 0.715. The van der Waals surface area contributed by atoms with E-state index in [1.54, 1.807) is 0 Å². The van der Waals surface area contributed by atoms with Gasteiger partial charge in [0.15, 0.2) is 0 Å². The first kappa shape index (κ1) is 9.66. The third kappa shape index (κ3) is 1.67. The van der Waals surface area contributed by atoms with E-state index in [1.807, 2.05) is 0 Å². The van der Waals surface area contributed by atoms with Crippen LogP contribution in [0.15, 0.2) is 24.3 Å². The van der Waals surface area contributed by atoms with Crippen LogP contribution in [-0.2, 0) is 6.42 Å². The number of aromatic amines is 1. The van der Waals surface area contributed by atoms with Crippen LogP contribution < -0.4 is 0 Å². The van der Waals surface area contributed by atoms with Crippen molar-refractivity contribution in [2.75, 3.05) is 5.75 Å². The number of para-hydroxylation sites is 1. The molecule has 2 rings (SSSR count). The van der Waals surface area contributed by atoms with Crippen molar-refractivity contribution in [3.8, 4) is 0 Å². The largest absolute Gasteiger partial charge is 0.358 e. The van der Waals surface area contributed by atoms with Gasteiger partial charge in [-0.2, -0.15) is 12.6 Å². The number of nitrogens with one attached hydrogen (secondary N) is 1. The average Bonchev–Trinajstić information content (AvgIpc) is 2.51. The molecule has 0 unspecified atom stereocenters. The molecular formula is C12H15NS. The molecule has 1 aromatic heterocycles. The third-order valence-corrected chi connectivity index (χ3v) is 2.93. The highest BCUT2D eigenvalue weighted by atomic mass is 32.1. The minimum Gasteiger partial charge on any atom is -0.358 e. The van der Waals surface area contributed by atoms with E-state index in [2.05, 4.69) is 48.8 Å². The Balaban J connectivity index is 2.45. The van der Waals surface area contributed by atoms with Gasteiger partial charge in [-0.3, -0.25) is 0 Å². The number of H-pyrrole nitrogens is 1. The van der Waals surface area contributed by atoms with Gasteiger partial charge < -0.3 is 4.98 Å². The molecular weight excluding hydrogens is 190 g/mol. The highest BCUT2D eigenvalue weighted by Crippen LogP contribution is 2.22. The Hall–Kier alpha value is -0.890. The van der Waals surface area contributed by atoms with Crippen LogP contribution in [0, 0.1) is 6.92 Å². The van der Waals surface area contributed by atoms with Crippen LogP contribution in [0.5, 0.6) is 0 Å². The summed E-state index contributed by atoms with van der Waals surface area (Å²) in [5.41, 5.74) is 4.00. The summed E-state index contributed by atoms with van der Waals surface area (Å²) < 4.78 is 0. The second-order valence-electron chi connectivity index (χ2n) is 3.60. The summed E-state index contributed by atoms with van der Waals surface area (Å²) in [4.78, 5) is 3.41. The zero-order valence-corrected chi connectivity index (χ0v) is 9.27. The van der Waals surface area contributed by atoms with E-state index in [-0.39, 0.29) is 0 Å². The minimum atomic E-state index is 0.957. The Labute approximate surface area is 89.9 Å². The van der Waals surface area contributed by atoms with Crippen LogP contribution in [-0.4, -0.2) is 10.7 Å². The highest BCUT2D eigenvalue weighted by Gasteiger charge is 2.06. The predicted octanol–water partition coefficient (Wildman–Crippen LogP) is 3.34. The van der Waals surface area contributed by atoms with Crippen molar-refractivity contribution < 1.29 is 0 Å². The number of benzene rings is 1. The van der Waals surface area contributed by atoms with Crippen molar-refractivity contribution in [2.24, 2.45) is 0 Å². The Morgan fingerprint density at radius 3 is 2.86 bits per heavy atom. The van der Waals surface area contributed by atoms with Crippen molar-refractivity contribution in [3.05, 3.63) is 35.5 Å². The first-order valence-electron chi connectivity index (χ1n) is 5.00. The van der Waals surface area contributed by atoms with Crippen LogP contribution in [0.2, 0.25) is 0 Å². The fourth-order valence-electron chi connectivity index (χ4n) is 1.91. The van der Waals surface area contributed by atoms with E-state index in [0.717, 1.165) is 18.6 Å². The molecule has 14 heavy (non-hydrogen) atoms. The van der Waals surface area contributed by atoms with Crippen LogP contribution in [0.3, 0.4) is 0 Å². The molecule has 2 heteroatoms. The molecule has 1 N–H and O–H groups in total. The number of rotatable bonds is 3. The fourth-order valence-corrected chi connectivity index (χ4v) is 2.07. The number of aryl methyl sites for hydroxylation is 2. The summed E-state index contributed by atoms with van der Waals surface area (Å²) in [6, 6.07) is 8.49. The Morgan fingerprint density at radius 2 is 2.07 bits per heavy atom. The number of hydrogen-bond donors (Lipinski definition) is 2. The van der Waals surface area contributed by atoms with Crippen molar-refractivity contribution in [1.82, 2.24) is 4.98 Å². The van der Waals surface area contributed by atoms with Gasteiger partial charge >= 0.3 is 0 Å².